The molecule has 1 aromatic heterocycles. The minimum Gasteiger partial charge on any atom is -0.309 e. The van der Waals surface area contributed by atoms with Gasteiger partial charge in [-0.05, 0) is 104 Å². The van der Waals surface area contributed by atoms with Gasteiger partial charge in [-0.3, -0.25) is 0 Å². The smallest absolute Gasteiger partial charge is 0.0555 e. The van der Waals surface area contributed by atoms with E-state index in [9.17, 15) is 0 Å². The number of nitrogens with zero attached hydrogens (tertiary/aromatic N) is 1. The number of hydrogen-bond acceptors (Lipinski definition) is 2. The predicted octanol–water partition coefficient (Wildman–Crippen LogP) is 15.5. The lowest BCUT2D eigenvalue weighted by atomic mass is 9.81. The van der Waals surface area contributed by atoms with Gasteiger partial charge in [-0.15, -0.1) is 11.3 Å². The van der Waals surface area contributed by atoms with Crippen LogP contribution in [-0.4, -0.2) is 0 Å². The van der Waals surface area contributed by atoms with Crippen LogP contribution < -0.4 is 4.90 Å². The molecule has 1 heterocycles. The molecule has 0 saturated heterocycles. The van der Waals surface area contributed by atoms with Crippen LogP contribution in [0.2, 0.25) is 0 Å². The second-order valence-corrected chi connectivity index (χ2v) is 17.6. The molecule has 56 heavy (non-hydrogen) atoms. The second kappa shape index (κ2) is 12.1. The zero-order valence-corrected chi connectivity index (χ0v) is 32.9. The van der Waals surface area contributed by atoms with Gasteiger partial charge in [0.15, 0.2) is 0 Å². The Labute approximate surface area is 333 Å². The van der Waals surface area contributed by atoms with E-state index in [-0.39, 0.29) is 10.8 Å². The number of benzene rings is 8. The molecule has 1 nitrogen and oxygen atoms in total. The van der Waals surface area contributed by atoms with E-state index in [0.29, 0.717) is 0 Å². The Hall–Kier alpha value is -6.22. The monoisotopic (exact) mass is 735 g/mol. The van der Waals surface area contributed by atoms with E-state index >= 15 is 0 Å². The lowest BCUT2D eigenvalue weighted by Crippen LogP contribution is -2.17. The fraction of sp³-hybridized carbons (Fsp3) is 0.111. The van der Waals surface area contributed by atoms with Crippen molar-refractivity contribution in [2.24, 2.45) is 0 Å². The molecule has 8 aromatic carbocycles. The topological polar surface area (TPSA) is 3.24 Å². The van der Waals surface area contributed by atoms with Crippen molar-refractivity contribution in [2.45, 2.75) is 38.5 Å². The first-order valence-corrected chi connectivity index (χ1v) is 20.5. The number of rotatable bonds is 5. The van der Waals surface area contributed by atoms with Gasteiger partial charge in [-0.25, -0.2) is 0 Å². The molecule has 11 rings (SSSR count). The molecule has 0 bridgehead atoms. The summed E-state index contributed by atoms with van der Waals surface area (Å²) >= 11 is 1.88. The first-order chi connectivity index (χ1) is 27.3. The molecule has 0 fully saturated rings. The van der Waals surface area contributed by atoms with Crippen molar-refractivity contribution in [2.75, 3.05) is 4.90 Å². The van der Waals surface area contributed by atoms with E-state index in [2.05, 4.69) is 209 Å². The predicted molar refractivity (Wildman–Crippen MR) is 240 cm³/mol. The average molecular weight is 736 g/mol. The van der Waals surface area contributed by atoms with Crippen molar-refractivity contribution in [1.29, 1.82) is 0 Å². The third-order valence-corrected chi connectivity index (χ3v) is 13.8. The molecule has 0 aliphatic heterocycles. The highest BCUT2D eigenvalue weighted by Gasteiger charge is 2.37. The Bertz CT molecular complexity index is 3030. The number of thiophene rings is 1. The zero-order valence-electron chi connectivity index (χ0n) is 32.1. The van der Waals surface area contributed by atoms with E-state index in [4.69, 9.17) is 0 Å². The van der Waals surface area contributed by atoms with Gasteiger partial charge in [0.05, 0.1) is 11.4 Å². The average Bonchev–Trinajstić information content (AvgIpc) is 3.81. The summed E-state index contributed by atoms with van der Waals surface area (Å²) in [5.41, 5.74) is 19.0. The van der Waals surface area contributed by atoms with Gasteiger partial charge in [0.2, 0.25) is 0 Å². The first-order valence-electron chi connectivity index (χ1n) is 19.7. The van der Waals surface area contributed by atoms with Gasteiger partial charge in [0, 0.05) is 42.3 Å². The summed E-state index contributed by atoms with van der Waals surface area (Å²) < 4.78 is 2.60. The highest BCUT2D eigenvalue weighted by atomic mass is 32.1. The SMILES string of the molecule is CC1(C)c2ccccc2-c2cc(-c3c(-c4ccccc4)cccc3N(c3ccc4c(c3)C(C)(C)c3ccccc3-4)c3cccc4sc5ccccc5c34)ccc21. The van der Waals surface area contributed by atoms with Crippen LogP contribution in [0.5, 0.6) is 0 Å². The van der Waals surface area contributed by atoms with Crippen molar-refractivity contribution >= 4 is 48.6 Å². The van der Waals surface area contributed by atoms with Gasteiger partial charge in [-0.1, -0.05) is 161 Å². The van der Waals surface area contributed by atoms with Crippen LogP contribution in [0.4, 0.5) is 17.1 Å². The molecule has 268 valence electrons. The Morgan fingerprint density at radius 3 is 1.79 bits per heavy atom. The summed E-state index contributed by atoms with van der Waals surface area (Å²) in [5, 5.41) is 2.58. The molecule has 2 aliphatic rings. The molecule has 9 aromatic rings. The fourth-order valence-electron chi connectivity index (χ4n) is 9.95. The van der Waals surface area contributed by atoms with Crippen LogP contribution >= 0.6 is 11.3 Å². The normalized spacial score (nSPS) is 14.4. The van der Waals surface area contributed by atoms with Gasteiger partial charge in [-0.2, -0.15) is 0 Å². The zero-order chi connectivity index (χ0) is 37.8. The maximum absolute atomic E-state index is 2.56. The molecule has 0 atom stereocenters. The summed E-state index contributed by atoms with van der Waals surface area (Å²) in [6.45, 7) is 9.48. The summed E-state index contributed by atoms with van der Waals surface area (Å²) in [5.74, 6) is 0. The van der Waals surface area contributed by atoms with E-state index in [0.717, 1.165) is 11.4 Å². The molecular formula is C54H41NS. The third kappa shape index (κ3) is 4.72. The summed E-state index contributed by atoms with van der Waals surface area (Å²) in [6, 6.07) is 65.9. The second-order valence-electron chi connectivity index (χ2n) is 16.5. The molecule has 2 aliphatic carbocycles. The van der Waals surface area contributed by atoms with Crippen molar-refractivity contribution in [1.82, 2.24) is 0 Å². The number of fused-ring (bicyclic) bond motifs is 9. The number of anilines is 3. The Kier molecular flexibility index (Phi) is 7.18. The molecule has 2 heteroatoms. The highest BCUT2D eigenvalue weighted by molar-refractivity contribution is 7.26. The third-order valence-electron chi connectivity index (χ3n) is 12.7. The quantitative estimate of drug-likeness (QED) is 0.170. The van der Waals surface area contributed by atoms with Gasteiger partial charge in [0.1, 0.15) is 0 Å². The Morgan fingerprint density at radius 1 is 0.393 bits per heavy atom. The van der Waals surface area contributed by atoms with E-state index in [1.54, 1.807) is 0 Å². The summed E-state index contributed by atoms with van der Waals surface area (Å²) in [4.78, 5) is 2.56. The maximum atomic E-state index is 2.56. The first kappa shape index (κ1) is 33.1. The summed E-state index contributed by atoms with van der Waals surface area (Å²) in [7, 11) is 0. The molecule has 0 spiro atoms. The fourth-order valence-corrected chi connectivity index (χ4v) is 11.1. The standard InChI is InChI=1S/C54H41NS/c1-53(2)44-23-12-9-19-39(44)42-32-35(28-31-45(42)53)51-37(34-16-6-5-7-17-34)21-14-24-47(51)55(48-25-15-27-50-52(48)41-20-10-13-26-49(41)56-50)36-29-30-40-38-18-8-11-22-43(38)54(3,4)46(40)33-36/h5-33H,1-4H3. The molecule has 0 N–H and O–H groups in total. The van der Waals surface area contributed by atoms with E-state index in [1.807, 2.05) is 11.3 Å². The van der Waals surface area contributed by atoms with Gasteiger partial charge < -0.3 is 4.90 Å². The minimum absolute atomic E-state index is 0.0667. The largest absolute Gasteiger partial charge is 0.309 e. The van der Waals surface area contributed by atoms with Gasteiger partial charge >= 0.3 is 0 Å². The van der Waals surface area contributed by atoms with Crippen molar-refractivity contribution < 1.29 is 0 Å². The van der Waals surface area contributed by atoms with E-state index in [1.165, 1.54) is 92.6 Å². The molecular weight excluding hydrogens is 695 g/mol. The Balaban J connectivity index is 1.23. The molecule has 0 amide bonds. The van der Waals surface area contributed by atoms with E-state index < -0.39 is 0 Å². The van der Waals surface area contributed by atoms with Crippen molar-refractivity contribution in [3.8, 4) is 44.5 Å². The number of hydrogen-bond donors (Lipinski definition) is 0. The van der Waals surface area contributed by atoms with Crippen molar-refractivity contribution in [3.63, 3.8) is 0 Å². The lowest BCUT2D eigenvalue weighted by molar-refractivity contribution is 0.660. The van der Waals surface area contributed by atoms with Crippen LogP contribution in [0.25, 0.3) is 64.7 Å². The minimum atomic E-state index is -0.135. The lowest BCUT2D eigenvalue weighted by Gasteiger charge is -2.31. The summed E-state index contributed by atoms with van der Waals surface area (Å²) in [6.07, 6.45) is 0. The van der Waals surface area contributed by atoms with Gasteiger partial charge in [0.25, 0.3) is 0 Å². The van der Waals surface area contributed by atoms with Crippen LogP contribution in [0.3, 0.4) is 0 Å². The highest BCUT2D eigenvalue weighted by Crippen LogP contribution is 2.55. The Morgan fingerprint density at radius 2 is 0.982 bits per heavy atom. The molecule has 0 unspecified atom stereocenters. The molecule has 0 saturated carbocycles. The van der Waals surface area contributed by atoms with Crippen LogP contribution in [0, 0.1) is 0 Å². The maximum Gasteiger partial charge on any atom is 0.0555 e. The van der Waals surface area contributed by atoms with Crippen molar-refractivity contribution in [3.05, 3.63) is 198 Å². The van der Waals surface area contributed by atoms with Crippen LogP contribution in [0.1, 0.15) is 49.9 Å². The van der Waals surface area contributed by atoms with Crippen LogP contribution in [-0.2, 0) is 10.8 Å². The van der Waals surface area contributed by atoms with Crippen LogP contribution in [0.15, 0.2) is 176 Å². The molecule has 0 radical (unpaired) electrons.